The van der Waals surface area contributed by atoms with Crippen molar-refractivity contribution < 1.29 is 0 Å². The first kappa shape index (κ1) is 6.53. The van der Waals surface area contributed by atoms with Crippen LogP contribution in [0.2, 0.25) is 0 Å². The van der Waals surface area contributed by atoms with Gasteiger partial charge in [-0.1, -0.05) is 6.08 Å². The monoisotopic (exact) mass is 123 g/mol. The van der Waals surface area contributed by atoms with Gasteiger partial charge in [0, 0.05) is 5.71 Å². The summed E-state index contributed by atoms with van der Waals surface area (Å²) in [7, 11) is 0. The number of rotatable bonds is 0. The van der Waals surface area contributed by atoms with Gasteiger partial charge in [-0.2, -0.15) is 0 Å². The number of allylic oxidation sites excluding steroid dienone is 2. The van der Waals surface area contributed by atoms with Gasteiger partial charge in [-0.05, 0) is 38.2 Å². The summed E-state index contributed by atoms with van der Waals surface area (Å²) in [5, 5.41) is 7.48. The Morgan fingerprint density at radius 1 is 1.33 bits per heavy atom. The van der Waals surface area contributed by atoms with Crippen LogP contribution in [-0.4, -0.2) is 5.71 Å². The molecule has 1 fully saturated rings. The minimum absolute atomic E-state index is 0.865. The van der Waals surface area contributed by atoms with Gasteiger partial charge in [0.25, 0.3) is 0 Å². The van der Waals surface area contributed by atoms with E-state index in [0.717, 1.165) is 18.6 Å². The summed E-state index contributed by atoms with van der Waals surface area (Å²) in [6, 6.07) is 0. The molecular formula is C8H13N. The molecule has 0 unspecified atom stereocenters. The largest absolute Gasteiger partial charge is 0.305 e. The van der Waals surface area contributed by atoms with Gasteiger partial charge in [-0.3, -0.25) is 0 Å². The van der Waals surface area contributed by atoms with Crippen LogP contribution in [0.4, 0.5) is 0 Å². The summed E-state index contributed by atoms with van der Waals surface area (Å²) in [4.78, 5) is 0. The van der Waals surface area contributed by atoms with Gasteiger partial charge in [0.05, 0.1) is 0 Å². The first-order valence-corrected chi connectivity index (χ1v) is 3.57. The molecule has 0 aromatic heterocycles. The molecule has 0 bridgehead atoms. The Labute approximate surface area is 56.3 Å². The molecule has 0 spiro atoms. The van der Waals surface area contributed by atoms with Crippen LogP contribution in [0.1, 0.15) is 32.6 Å². The van der Waals surface area contributed by atoms with Gasteiger partial charge in [0.15, 0.2) is 0 Å². The third kappa shape index (κ3) is 1.41. The van der Waals surface area contributed by atoms with Crippen molar-refractivity contribution >= 4 is 5.71 Å². The Kier molecular flexibility index (Phi) is 2.04. The van der Waals surface area contributed by atoms with Crippen LogP contribution in [-0.2, 0) is 0 Å². The van der Waals surface area contributed by atoms with Gasteiger partial charge >= 0.3 is 0 Å². The molecule has 0 heterocycles. The standard InChI is InChI=1S/C8H13N/c1-2-7-5-3-4-6-8(7)9/h2,9H,3-6H2,1H3/b7-2+,9-8?. The van der Waals surface area contributed by atoms with E-state index in [9.17, 15) is 0 Å². The predicted molar refractivity (Wildman–Crippen MR) is 40.0 cm³/mol. The van der Waals surface area contributed by atoms with Crippen LogP contribution >= 0.6 is 0 Å². The summed E-state index contributed by atoms with van der Waals surface area (Å²) in [5.41, 5.74) is 2.13. The second-order valence-electron chi connectivity index (χ2n) is 2.50. The normalized spacial score (nSPS) is 25.0. The van der Waals surface area contributed by atoms with E-state index in [1.807, 2.05) is 6.92 Å². The molecule has 1 aliphatic carbocycles. The third-order valence-electron chi connectivity index (χ3n) is 1.86. The van der Waals surface area contributed by atoms with Gasteiger partial charge < -0.3 is 5.41 Å². The van der Waals surface area contributed by atoms with Crippen LogP contribution < -0.4 is 0 Å². The third-order valence-corrected chi connectivity index (χ3v) is 1.86. The lowest BCUT2D eigenvalue weighted by atomic mass is 9.93. The van der Waals surface area contributed by atoms with Crippen LogP contribution in [0.3, 0.4) is 0 Å². The Balaban J connectivity index is 2.60. The fourth-order valence-corrected chi connectivity index (χ4v) is 1.25. The van der Waals surface area contributed by atoms with Crippen LogP contribution in [0.25, 0.3) is 0 Å². The van der Waals surface area contributed by atoms with E-state index >= 15 is 0 Å². The van der Waals surface area contributed by atoms with Crippen LogP contribution in [0.5, 0.6) is 0 Å². The highest BCUT2D eigenvalue weighted by Crippen LogP contribution is 2.19. The second-order valence-corrected chi connectivity index (χ2v) is 2.50. The second kappa shape index (κ2) is 2.81. The zero-order chi connectivity index (χ0) is 6.69. The minimum atomic E-state index is 0.865. The van der Waals surface area contributed by atoms with Crippen molar-refractivity contribution in [3.63, 3.8) is 0 Å². The molecule has 0 amide bonds. The van der Waals surface area contributed by atoms with Crippen molar-refractivity contribution in [3.05, 3.63) is 11.6 Å². The van der Waals surface area contributed by atoms with E-state index in [4.69, 9.17) is 5.41 Å². The summed E-state index contributed by atoms with van der Waals surface area (Å²) < 4.78 is 0. The van der Waals surface area contributed by atoms with Gasteiger partial charge in [-0.25, -0.2) is 0 Å². The molecule has 0 radical (unpaired) electrons. The zero-order valence-electron chi connectivity index (χ0n) is 5.91. The predicted octanol–water partition coefficient (Wildman–Crippen LogP) is 2.53. The summed E-state index contributed by atoms with van der Waals surface area (Å²) >= 11 is 0. The molecule has 1 heteroatoms. The maximum atomic E-state index is 7.48. The molecule has 1 saturated carbocycles. The Hall–Kier alpha value is -0.590. The SMILES string of the molecule is C/C=C1\CCCCC1=N. The highest BCUT2D eigenvalue weighted by molar-refractivity contribution is 5.98. The van der Waals surface area contributed by atoms with Gasteiger partial charge in [0.1, 0.15) is 0 Å². The molecule has 50 valence electrons. The topological polar surface area (TPSA) is 23.9 Å². The number of nitrogens with one attached hydrogen (secondary N) is 1. The Morgan fingerprint density at radius 3 is 2.44 bits per heavy atom. The van der Waals surface area contributed by atoms with Gasteiger partial charge in [0.2, 0.25) is 0 Å². The molecule has 1 rings (SSSR count). The van der Waals surface area contributed by atoms with Gasteiger partial charge in [-0.15, -0.1) is 0 Å². The van der Waals surface area contributed by atoms with Crippen molar-refractivity contribution in [3.8, 4) is 0 Å². The van der Waals surface area contributed by atoms with Crippen molar-refractivity contribution in [2.24, 2.45) is 0 Å². The van der Waals surface area contributed by atoms with E-state index in [1.165, 1.54) is 18.4 Å². The quantitative estimate of drug-likeness (QED) is 0.511. The lowest BCUT2D eigenvalue weighted by Crippen LogP contribution is -2.06. The molecular weight excluding hydrogens is 110 g/mol. The van der Waals surface area contributed by atoms with Crippen molar-refractivity contribution in [1.29, 1.82) is 5.41 Å². The lowest BCUT2D eigenvalue weighted by Gasteiger charge is -2.13. The number of hydrogen-bond donors (Lipinski definition) is 1. The van der Waals surface area contributed by atoms with E-state index < -0.39 is 0 Å². The lowest BCUT2D eigenvalue weighted by molar-refractivity contribution is 0.729. The van der Waals surface area contributed by atoms with Crippen molar-refractivity contribution in [1.82, 2.24) is 0 Å². The Morgan fingerprint density at radius 2 is 2.00 bits per heavy atom. The number of hydrogen-bond acceptors (Lipinski definition) is 1. The first-order chi connectivity index (χ1) is 4.34. The first-order valence-electron chi connectivity index (χ1n) is 3.57. The molecule has 0 aromatic carbocycles. The molecule has 9 heavy (non-hydrogen) atoms. The molecule has 1 N–H and O–H groups in total. The fourth-order valence-electron chi connectivity index (χ4n) is 1.25. The Bertz CT molecular complexity index is 145. The van der Waals surface area contributed by atoms with E-state index in [2.05, 4.69) is 6.08 Å². The molecule has 0 aliphatic heterocycles. The van der Waals surface area contributed by atoms with Crippen molar-refractivity contribution in [2.45, 2.75) is 32.6 Å². The minimum Gasteiger partial charge on any atom is -0.305 e. The van der Waals surface area contributed by atoms with Crippen molar-refractivity contribution in [2.75, 3.05) is 0 Å². The molecule has 0 atom stereocenters. The maximum absolute atomic E-state index is 7.48. The fraction of sp³-hybridized carbons (Fsp3) is 0.625. The maximum Gasteiger partial charge on any atom is 0.0342 e. The summed E-state index contributed by atoms with van der Waals surface area (Å²) in [6.07, 6.45) is 6.70. The molecule has 0 aromatic rings. The average molecular weight is 123 g/mol. The molecule has 0 saturated heterocycles. The summed E-state index contributed by atoms with van der Waals surface area (Å²) in [6.45, 7) is 2.02. The van der Waals surface area contributed by atoms with E-state index in [1.54, 1.807) is 0 Å². The smallest absolute Gasteiger partial charge is 0.0342 e. The molecule has 1 nitrogen and oxygen atoms in total. The molecule has 1 aliphatic rings. The highest BCUT2D eigenvalue weighted by Gasteiger charge is 2.08. The highest BCUT2D eigenvalue weighted by atomic mass is 14.4. The average Bonchev–Trinajstić information content (AvgIpc) is 1.89. The zero-order valence-corrected chi connectivity index (χ0v) is 5.91. The summed E-state index contributed by atoms with van der Waals surface area (Å²) in [5.74, 6) is 0. The van der Waals surface area contributed by atoms with E-state index in [-0.39, 0.29) is 0 Å². The van der Waals surface area contributed by atoms with Crippen LogP contribution in [0.15, 0.2) is 11.6 Å². The van der Waals surface area contributed by atoms with Crippen LogP contribution in [0, 0.1) is 5.41 Å². The van der Waals surface area contributed by atoms with E-state index in [0.29, 0.717) is 0 Å².